The van der Waals surface area contributed by atoms with Gasteiger partial charge in [0.1, 0.15) is 34.8 Å². The molecule has 0 N–H and O–H groups in total. The van der Waals surface area contributed by atoms with Gasteiger partial charge in [-0.05, 0) is 61.1 Å². The fourth-order valence-corrected chi connectivity index (χ4v) is 8.61. The van der Waals surface area contributed by atoms with Crippen LogP contribution in [0.4, 0.5) is 0 Å². The molecule has 0 atom stereocenters. The van der Waals surface area contributed by atoms with Gasteiger partial charge in [0.25, 0.3) is 0 Å². The number of ketones is 4. The summed E-state index contributed by atoms with van der Waals surface area (Å²) in [6.07, 6.45) is 31.1. The number of ether oxygens (including phenoxy) is 4. The largest absolute Gasteiger partial charge is 0.484 e. The van der Waals surface area contributed by atoms with Crippen LogP contribution in [-0.2, 0) is 28.7 Å². The Morgan fingerprint density at radius 2 is 0.676 bits per heavy atom. The van der Waals surface area contributed by atoms with E-state index in [2.05, 4.69) is 27.0 Å². The van der Waals surface area contributed by atoms with Gasteiger partial charge in [0.15, 0.2) is 23.1 Å². The van der Waals surface area contributed by atoms with E-state index in [4.69, 9.17) is 65.4 Å². The Kier molecular flexibility index (Phi) is 40.1. The van der Waals surface area contributed by atoms with Crippen molar-refractivity contribution in [3.63, 3.8) is 0 Å². The zero-order valence-electron chi connectivity index (χ0n) is 45.4. The van der Waals surface area contributed by atoms with E-state index in [1.807, 2.05) is 13.8 Å². The first-order valence-electron chi connectivity index (χ1n) is 27.6. The van der Waals surface area contributed by atoms with Crippen LogP contribution in [0, 0.1) is 0 Å². The van der Waals surface area contributed by atoms with E-state index < -0.39 is 0 Å². The van der Waals surface area contributed by atoms with Crippen molar-refractivity contribution in [1.82, 2.24) is 0 Å². The van der Waals surface area contributed by atoms with Crippen molar-refractivity contribution in [2.24, 2.45) is 0 Å². The maximum atomic E-state index is 12.3. The molecule has 0 saturated carbocycles. The van der Waals surface area contributed by atoms with Gasteiger partial charge in [-0.3, -0.25) is 28.8 Å². The Balaban J connectivity index is 0.000000744. The Morgan fingerprint density at radius 1 is 0.392 bits per heavy atom. The zero-order valence-corrected chi connectivity index (χ0v) is 48.4. The predicted molar refractivity (Wildman–Crippen MR) is 304 cm³/mol. The average molecular weight is 1110 g/mol. The number of allylic oxidation sites excluding steroid dienone is 2. The number of esters is 2. The van der Waals surface area contributed by atoms with Gasteiger partial charge in [-0.25, -0.2) is 0 Å². The van der Waals surface area contributed by atoms with Crippen LogP contribution in [0.15, 0.2) is 48.6 Å². The number of rotatable bonds is 44. The second kappa shape index (κ2) is 43.4. The second-order valence-corrected chi connectivity index (χ2v) is 20.4. The molecule has 10 nitrogen and oxygen atoms in total. The Hall–Kier alpha value is -3.70. The average Bonchev–Trinajstić information content (AvgIpc) is 3.40. The predicted octanol–water partition coefficient (Wildman–Crippen LogP) is 18.2. The van der Waals surface area contributed by atoms with E-state index in [1.165, 1.54) is 146 Å². The van der Waals surface area contributed by atoms with Crippen molar-refractivity contribution in [1.29, 1.82) is 0 Å². The molecule has 0 radical (unpaired) electrons. The molecule has 0 bridgehead atoms. The van der Waals surface area contributed by atoms with E-state index in [1.54, 1.807) is 0 Å². The molecular formula is C60H88Cl4O10. The number of carbonyl (C=O) groups excluding carboxylic acids is 6. The van der Waals surface area contributed by atoms with Gasteiger partial charge in [-0.2, -0.15) is 0 Å². The summed E-state index contributed by atoms with van der Waals surface area (Å²) in [5.74, 6) is -1.42. The van der Waals surface area contributed by atoms with E-state index >= 15 is 0 Å². The fourth-order valence-electron chi connectivity index (χ4n) is 7.69. The first-order valence-corrected chi connectivity index (χ1v) is 29.1. The third-order valence-corrected chi connectivity index (χ3v) is 14.3. The summed E-state index contributed by atoms with van der Waals surface area (Å²) in [5.41, 5.74) is 1.33. The number of unbranched alkanes of at least 4 members (excludes halogenated alkanes) is 22. The van der Waals surface area contributed by atoms with Crippen LogP contribution in [0.5, 0.6) is 11.5 Å². The number of hydrogen-bond donors (Lipinski definition) is 0. The van der Waals surface area contributed by atoms with E-state index in [0.29, 0.717) is 37.2 Å². The quantitative estimate of drug-likeness (QED) is 0.0273. The van der Waals surface area contributed by atoms with Crippen molar-refractivity contribution in [2.75, 3.05) is 26.4 Å². The van der Waals surface area contributed by atoms with Crippen molar-refractivity contribution in [2.45, 2.75) is 220 Å². The van der Waals surface area contributed by atoms with Crippen LogP contribution in [0.2, 0.25) is 20.1 Å². The molecule has 0 saturated heterocycles. The number of halogens is 4. The van der Waals surface area contributed by atoms with Gasteiger partial charge < -0.3 is 18.9 Å². The molecule has 0 fully saturated rings. The highest BCUT2D eigenvalue weighted by molar-refractivity contribution is 6.46. The smallest absolute Gasteiger partial charge is 0.306 e. The highest BCUT2D eigenvalue weighted by Gasteiger charge is 2.21. The summed E-state index contributed by atoms with van der Waals surface area (Å²) in [7, 11) is 0. The van der Waals surface area contributed by atoms with Gasteiger partial charge in [-0.15, -0.1) is 0 Å². The molecular weight excluding hydrogens is 1020 g/mol. The standard InChI is InChI=1S/C32H48Cl2O5.C28H40Cl2O5/c1-4-6-7-8-9-10-11-12-13-14-15-16-17-18-23-38-29(36)22-19-26(35)24-39-28-21-20-27(30(33)31(28)34)32(37)25(3)5-2;1-4-6-7-8-9-10-11-12-13-14-19-34-25(32)18-15-22(31)20-35-24-17-16-23(26(29)27(24)30)28(33)21(3)5-2/h20-21H,3-19,22-24H2,1-2H3;16-17H,3-15,18-20H2,1-2H3. The minimum absolute atomic E-state index is 0.0149. The van der Waals surface area contributed by atoms with Gasteiger partial charge in [0.2, 0.25) is 0 Å². The molecule has 14 heteroatoms. The van der Waals surface area contributed by atoms with E-state index in [0.717, 1.165) is 32.1 Å². The molecule has 2 aromatic rings. The lowest BCUT2D eigenvalue weighted by molar-refractivity contribution is -0.145. The maximum absolute atomic E-state index is 12.3. The fraction of sp³-hybridized carbons (Fsp3) is 0.633. The Labute approximate surface area is 464 Å². The van der Waals surface area contributed by atoms with Crippen LogP contribution in [0.25, 0.3) is 0 Å². The molecule has 2 rings (SSSR count). The van der Waals surface area contributed by atoms with Crippen LogP contribution in [0.3, 0.4) is 0 Å². The lowest BCUT2D eigenvalue weighted by Gasteiger charge is -2.11. The molecule has 0 aromatic heterocycles. The second-order valence-electron chi connectivity index (χ2n) is 18.9. The van der Waals surface area contributed by atoms with Gasteiger partial charge in [0, 0.05) is 24.0 Å². The van der Waals surface area contributed by atoms with Gasteiger partial charge >= 0.3 is 11.9 Å². The molecule has 2 aromatic carbocycles. The number of Topliss-reactive ketones (excluding diaryl/α,β-unsaturated/α-hetero) is 4. The van der Waals surface area contributed by atoms with Crippen molar-refractivity contribution in [3.8, 4) is 11.5 Å². The normalized spacial score (nSPS) is 10.8. The number of hydrogen-bond acceptors (Lipinski definition) is 10. The molecule has 0 spiro atoms. The third-order valence-electron chi connectivity index (χ3n) is 12.6. The SMILES string of the molecule is C=C(CC)C(=O)c1ccc(OCC(=O)CCC(=O)OCCCCCCCCCCCC)c(Cl)c1Cl.C=C(CC)C(=O)c1ccc(OCC(=O)CCC(=O)OCCCCCCCCCCCCCCCC)c(Cl)c1Cl. The Bertz CT molecular complexity index is 2010. The first kappa shape index (κ1) is 68.3. The molecule has 416 valence electrons. The zero-order chi connectivity index (χ0) is 54.9. The molecule has 74 heavy (non-hydrogen) atoms. The van der Waals surface area contributed by atoms with E-state index in [-0.39, 0.29) is 117 Å². The van der Waals surface area contributed by atoms with Gasteiger partial charge in [-0.1, -0.05) is 229 Å². The van der Waals surface area contributed by atoms with Crippen LogP contribution in [-0.4, -0.2) is 61.5 Å². The lowest BCUT2D eigenvalue weighted by atomic mass is 10.0. The molecule has 0 aliphatic carbocycles. The molecule has 0 amide bonds. The minimum Gasteiger partial charge on any atom is -0.484 e. The first-order chi connectivity index (χ1) is 35.6. The third kappa shape index (κ3) is 30.8. The topological polar surface area (TPSA) is 139 Å². The molecule has 0 aliphatic heterocycles. The summed E-state index contributed by atoms with van der Waals surface area (Å²) in [6, 6.07) is 6.01. The molecule has 0 heterocycles. The molecule has 0 aliphatic rings. The van der Waals surface area contributed by atoms with Crippen LogP contribution >= 0.6 is 46.4 Å². The summed E-state index contributed by atoms with van der Waals surface area (Å²) in [6.45, 7) is 15.9. The summed E-state index contributed by atoms with van der Waals surface area (Å²) >= 11 is 24.9. The summed E-state index contributed by atoms with van der Waals surface area (Å²) < 4.78 is 21.4. The highest BCUT2D eigenvalue weighted by Crippen LogP contribution is 2.37. The summed E-state index contributed by atoms with van der Waals surface area (Å²) in [5, 5.41) is 0.247. The maximum Gasteiger partial charge on any atom is 0.306 e. The van der Waals surface area contributed by atoms with Gasteiger partial charge in [0.05, 0.1) is 36.1 Å². The highest BCUT2D eigenvalue weighted by atomic mass is 35.5. The summed E-state index contributed by atoms with van der Waals surface area (Å²) in [4.78, 5) is 72.7. The van der Waals surface area contributed by atoms with Crippen molar-refractivity contribution in [3.05, 3.63) is 79.8 Å². The van der Waals surface area contributed by atoms with Crippen LogP contribution < -0.4 is 9.47 Å². The van der Waals surface area contributed by atoms with Crippen molar-refractivity contribution < 1.29 is 47.7 Å². The minimum atomic E-state index is -0.380. The monoisotopic (exact) mass is 1110 g/mol. The molecule has 0 unspecified atom stereocenters. The number of benzene rings is 2. The Morgan fingerprint density at radius 3 is 0.959 bits per heavy atom. The lowest BCUT2D eigenvalue weighted by Crippen LogP contribution is -2.15. The van der Waals surface area contributed by atoms with Crippen molar-refractivity contribution >= 4 is 81.5 Å². The number of carbonyl (C=O) groups is 6. The van der Waals surface area contributed by atoms with Crippen LogP contribution in [0.1, 0.15) is 241 Å². The van der Waals surface area contributed by atoms with E-state index in [9.17, 15) is 28.8 Å².